The second-order valence-electron chi connectivity index (χ2n) is 4.03. The first-order chi connectivity index (χ1) is 8.86. The smallest absolute Gasteiger partial charge is 0.242 e. The van der Waals surface area contributed by atoms with E-state index in [4.69, 9.17) is 11.6 Å². The lowest BCUT2D eigenvalue weighted by atomic mass is 10.3. The molecule has 0 aliphatic rings. The van der Waals surface area contributed by atoms with E-state index < -0.39 is 15.4 Å². The maximum atomic E-state index is 11.8. The molecule has 7 heteroatoms. The standard InChI is InChI=1S/C12H17ClN2O3S/c1-3-8-14-19(17,18)11-6-4-10(5-7-11)15-12(16)9(2)13/h4-7,9,14H,3,8H2,1-2H3,(H,15,16)/t9-/m0/s1. The lowest BCUT2D eigenvalue weighted by Crippen LogP contribution is -2.24. The van der Waals surface area contributed by atoms with Crippen LogP contribution in [-0.2, 0) is 14.8 Å². The Labute approximate surface area is 118 Å². The van der Waals surface area contributed by atoms with Gasteiger partial charge in [0.1, 0.15) is 5.38 Å². The molecule has 5 nitrogen and oxygen atoms in total. The second kappa shape index (κ2) is 6.88. The minimum atomic E-state index is -3.47. The molecule has 0 aliphatic carbocycles. The summed E-state index contributed by atoms with van der Waals surface area (Å²) in [7, 11) is -3.47. The van der Waals surface area contributed by atoms with E-state index >= 15 is 0 Å². The molecule has 0 fully saturated rings. The fourth-order valence-electron chi connectivity index (χ4n) is 1.28. The zero-order chi connectivity index (χ0) is 14.5. The van der Waals surface area contributed by atoms with E-state index in [0.29, 0.717) is 12.2 Å². The SMILES string of the molecule is CCCNS(=O)(=O)c1ccc(NC(=O)[C@H](C)Cl)cc1. The number of nitrogens with one attached hydrogen (secondary N) is 2. The zero-order valence-corrected chi connectivity index (χ0v) is 12.4. The molecule has 2 N–H and O–H groups in total. The molecule has 0 aliphatic heterocycles. The summed E-state index contributed by atoms with van der Waals surface area (Å²) in [5.74, 6) is -0.332. The summed E-state index contributed by atoms with van der Waals surface area (Å²) in [6.45, 7) is 3.84. The van der Waals surface area contributed by atoms with E-state index in [2.05, 4.69) is 10.0 Å². The number of hydrogen-bond donors (Lipinski definition) is 2. The van der Waals surface area contributed by atoms with Gasteiger partial charge in [0.05, 0.1) is 4.90 Å². The monoisotopic (exact) mass is 304 g/mol. The molecule has 1 aromatic carbocycles. The highest BCUT2D eigenvalue weighted by atomic mass is 35.5. The first-order valence-electron chi connectivity index (χ1n) is 5.91. The highest BCUT2D eigenvalue weighted by molar-refractivity contribution is 7.89. The van der Waals surface area contributed by atoms with Crippen LogP contribution in [0.2, 0.25) is 0 Å². The summed E-state index contributed by atoms with van der Waals surface area (Å²) in [6, 6.07) is 5.92. The third-order valence-electron chi connectivity index (χ3n) is 2.34. The molecule has 0 radical (unpaired) electrons. The fraction of sp³-hybridized carbons (Fsp3) is 0.417. The maximum absolute atomic E-state index is 11.8. The van der Waals surface area contributed by atoms with Crippen LogP contribution in [0.15, 0.2) is 29.2 Å². The Morgan fingerprint density at radius 3 is 2.37 bits per heavy atom. The van der Waals surface area contributed by atoms with Crippen LogP contribution in [0, 0.1) is 0 Å². The van der Waals surface area contributed by atoms with Crippen molar-refractivity contribution in [1.29, 1.82) is 0 Å². The predicted octanol–water partition coefficient (Wildman–Crippen LogP) is 1.94. The molecule has 19 heavy (non-hydrogen) atoms. The van der Waals surface area contributed by atoms with Crippen LogP contribution in [0.4, 0.5) is 5.69 Å². The molecular weight excluding hydrogens is 288 g/mol. The van der Waals surface area contributed by atoms with Gasteiger partial charge < -0.3 is 5.32 Å². The van der Waals surface area contributed by atoms with Crippen molar-refractivity contribution >= 4 is 33.2 Å². The molecule has 0 unspecified atom stereocenters. The van der Waals surface area contributed by atoms with Crippen molar-refractivity contribution < 1.29 is 13.2 Å². The molecule has 0 spiro atoms. The molecule has 1 rings (SSSR count). The number of benzene rings is 1. The van der Waals surface area contributed by atoms with Crippen LogP contribution < -0.4 is 10.0 Å². The second-order valence-corrected chi connectivity index (χ2v) is 6.45. The van der Waals surface area contributed by atoms with Crippen molar-refractivity contribution in [3.05, 3.63) is 24.3 Å². The molecule has 106 valence electrons. The Hall–Kier alpha value is -1.11. The number of carbonyl (C=O) groups is 1. The van der Waals surface area contributed by atoms with Gasteiger partial charge in [0.2, 0.25) is 15.9 Å². The first-order valence-corrected chi connectivity index (χ1v) is 7.83. The van der Waals surface area contributed by atoms with Crippen LogP contribution >= 0.6 is 11.6 Å². The average molecular weight is 305 g/mol. The van der Waals surface area contributed by atoms with Gasteiger partial charge in [-0.3, -0.25) is 4.79 Å². The van der Waals surface area contributed by atoms with Gasteiger partial charge in [0, 0.05) is 12.2 Å². The normalized spacial score (nSPS) is 13.0. The van der Waals surface area contributed by atoms with Crippen LogP contribution in [0.5, 0.6) is 0 Å². The fourth-order valence-corrected chi connectivity index (χ4v) is 2.47. The molecule has 0 heterocycles. The summed E-state index contributed by atoms with van der Waals surface area (Å²) in [6.07, 6.45) is 0.723. The molecular formula is C12H17ClN2O3S. The molecule has 1 aromatic rings. The molecule has 1 atom stereocenters. The van der Waals surface area contributed by atoms with Crippen LogP contribution in [0.25, 0.3) is 0 Å². The average Bonchev–Trinajstić information content (AvgIpc) is 2.37. The lowest BCUT2D eigenvalue weighted by Gasteiger charge is -2.08. The minimum absolute atomic E-state index is 0.165. The summed E-state index contributed by atoms with van der Waals surface area (Å²) < 4.78 is 26.1. The van der Waals surface area contributed by atoms with E-state index in [1.54, 1.807) is 6.92 Å². The maximum Gasteiger partial charge on any atom is 0.242 e. The van der Waals surface area contributed by atoms with Gasteiger partial charge >= 0.3 is 0 Å². The number of anilines is 1. The number of carbonyl (C=O) groups excluding carboxylic acids is 1. The summed E-state index contributed by atoms with van der Waals surface area (Å²) in [5.41, 5.74) is 0.506. The van der Waals surface area contributed by atoms with Gasteiger partial charge in [-0.2, -0.15) is 0 Å². The Morgan fingerprint density at radius 1 is 1.32 bits per heavy atom. The van der Waals surface area contributed by atoms with E-state index in [-0.39, 0.29) is 10.8 Å². The van der Waals surface area contributed by atoms with E-state index in [9.17, 15) is 13.2 Å². The molecule has 0 saturated heterocycles. The quantitative estimate of drug-likeness (QED) is 0.789. The number of alkyl halides is 1. The Morgan fingerprint density at radius 2 is 1.89 bits per heavy atom. The van der Waals surface area contributed by atoms with Gasteiger partial charge in [-0.1, -0.05) is 6.92 Å². The van der Waals surface area contributed by atoms with E-state index in [1.165, 1.54) is 24.3 Å². The topological polar surface area (TPSA) is 75.3 Å². The summed E-state index contributed by atoms with van der Waals surface area (Å²) >= 11 is 5.62. The van der Waals surface area contributed by atoms with E-state index in [0.717, 1.165) is 6.42 Å². The number of amides is 1. The summed E-state index contributed by atoms with van der Waals surface area (Å²) in [5, 5.41) is 1.93. The minimum Gasteiger partial charge on any atom is -0.325 e. The largest absolute Gasteiger partial charge is 0.325 e. The Balaban J connectivity index is 2.79. The number of halogens is 1. The summed E-state index contributed by atoms with van der Waals surface area (Å²) in [4.78, 5) is 11.5. The van der Waals surface area contributed by atoms with Crippen molar-refractivity contribution in [3.8, 4) is 0 Å². The van der Waals surface area contributed by atoms with Crippen molar-refractivity contribution in [1.82, 2.24) is 4.72 Å². The van der Waals surface area contributed by atoms with E-state index in [1.807, 2.05) is 6.92 Å². The lowest BCUT2D eigenvalue weighted by molar-refractivity contribution is -0.115. The van der Waals surface area contributed by atoms with Crippen LogP contribution in [0.1, 0.15) is 20.3 Å². The molecule has 0 aromatic heterocycles. The van der Waals surface area contributed by atoms with Crippen molar-refractivity contribution in [2.24, 2.45) is 0 Å². The van der Waals surface area contributed by atoms with Gasteiger partial charge in [-0.25, -0.2) is 13.1 Å². The van der Waals surface area contributed by atoms with Crippen molar-refractivity contribution in [2.45, 2.75) is 30.5 Å². The Kier molecular flexibility index (Phi) is 5.78. The number of sulfonamides is 1. The highest BCUT2D eigenvalue weighted by Crippen LogP contribution is 2.14. The molecule has 1 amide bonds. The van der Waals surface area contributed by atoms with Crippen molar-refractivity contribution in [3.63, 3.8) is 0 Å². The third kappa shape index (κ3) is 4.81. The van der Waals surface area contributed by atoms with Crippen molar-refractivity contribution in [2.75, 3.05) is 11.9 Å². The molecule has 0 bridgehead atoms. The third-order valence-corrected chi connectivity index (χ3v) is 4.01. The van der Waals surface area contributed by atoms with Crippen LogP contribution in [0.3, 0.4) is 0 Å². The molecule has 0 saturated carbocycles. The zero-order valence-electron chi connectivity index (χ0n) is 10.8. The number of hydrogen-bond acceptors (Lipinski definition) is 3. The highest BCUT2D eigenvalue weighted by Gasteiger charge is 2.13. The van der Waals surface area contributed by atoms with Crippen LogP contribution in [-0.4, -0.2) is 26.2 Å². The number of rotatable bonds is 6. The first kappa shape index (κ1) is 15.9. The van der Waals surface area contributed by atoms with Gasteiger partial charge in [0.25, 0.3) is 0 Å². The van der Waals surface area contributed by atoms with Gasteiger partial charge in [-0.15, -0.1) is 11.6 Å². The van der Waals surface area contributed by atoms with Gasteiger partial charge in [-0.05, 0) is 37.6 Å². The Bertz CT molecular complexity index is 526. The predicted molar refractivity (Wildman–Crippen MR) is 75.9 cm³/mol. The van der Waals surface area contributed by atoms with Gasteiger partial charge in [0.15, 0.2) is 0 Å².